The lowest BCUT2D eigenvalue weighted by Gasteiger charge is -2.35. The summed E-state index contributed by atoms with van der Waals surface area (Å²) in [6.07, 6.45) is 1.02. The van der Waals surface area contributed by atoms with Gasteiger partial charge in [-0.2, -0.15) is 0 Å². The fraction of sp³-hybridized carbons (Fsp3) is 0.625. The summed E-state index contributed by atoms with van der Waals surface area (Å²) in [4.78, 5) is 2.38. The maximum Gasteiger partial charge on any atom is 0.0236 e. The molecule has 2 heteroatoms. The minimum absolute atomic E-state index is 0.158. The van der Waals surface area contributed by atoms with E-state index in [-0.39, 0.29) is 5.54 Å². The van der Waals surface area contributed by atoms with Gasteiger partial charge in [-0.05, 0) is 50.9 Å². The van der Waals surface area contributed by atoms with E-state index in [0.717, 1.165) is 19.5 Å². The molecule has 0 amide bonds. The van der Waals surface area contributed by atoms with E-state index in [9.17, 15) is 0 Å². The molecule has 18 heavy (non-hydrogen) atoms. The average Bonchev–Trinajstić information content (AvgIpc) is 2.29. The zero-order valence-corrected chi connectivity index (χ0v) is 12.5. The van der Waals surface area contributed by atoms with Gasteiger partial charge in [0.05, 0.1) is 0 Å². The summed E-state index contributed by atoms with van der Waals surface area (Å²) in [7, 11) is 2.17. The van der Waals surface area contributed by atoms with E-state index < -0.39 is 0 Å². The number of benzene rings is 1. The van der Waals surface area contributed by atoms with Crippen molar-refractivity contribution in [3.8, 4) is 0 Å². The topological polar surface area (TPSA) is 29.3 Å². The Morgan fingerprint density at radius 2 is 1.72 bits per heavy atom. The fourth-order valence-electron chi connectivity index (χ4n) is 2.04. The second kappa shape index (κ2) is 6.35. The van der Waals surface area contributed by atoms with E-state index in [2.05, 4.69) is 63.9 Å². The van der Waals surface area contributed by atoms with Gasteiger partial charge in [-0.25, -0.2) is 0 Å². The quantitative estimate of drug-likeness (QED) is 0.836. The molecule has 1 aromatic rings. The van der Waals surface area contributed by atoms with Crippen molar-refractivity contribution in [2.45, 2.75) is 52.1 Å². The third-order valence-corrected chi connectivity index (χ3v) is 3.86. The first-order chi connectivity index (χ1) is 8.36. The van der Waals surface area contributed by atoms with E-state index >= 15 is 0 Å². The average molecular weight is 248 g/mol. The molecule has 0 spiro atoms. The van der Waals surface area contributed by atoms with Crippen LogP contribution in [0.2, 0.25) is 0 Å². The molecule has 0 atom stereocenters. The normalized spacial score (nSPS) is 12.4. The van der Waals surface area contributed by atoms with Crippen LogP contribution in [0, 0.1) is 0 Å². The van der Waals surface area contributed by atoms with Gasteiger partial charge in [0.2, 0.25) is 0 Å². The highest BCUT2D eigenvalue weighted by Gasteiger charge is 2.22. The number of rotatable bonds is 6. The fourth-order valence-corrected chi connectivity index (χ4v) is 2.04. The van der Waals surface area contributed by atoms with Crippen molar-refractivity contribution >= 4 is 0 Å². The summed E-state index contributed by atoms with van der Waals surface area (Å²) in [5.74, 6) is 0.602. The first-order valence-corrected chi connectivity index (χ1v) is 6.87. The van der Waals surface area contributed by atoms with Crippen LogP contribution >= 0.6 is 0 Å². The van der Waals surface area contributed by atoms with E-state index in [0.29, 0.717) is 5.92 Å². The largest absolute Gasteiger partial charge is 0.330 e. The molecule has 0 aliphatic carbocycles. The van der Waals surface area contributed by atoms with Gasteiger partial charge in [0.25, 0.3) is 0 Å². The Balaban J connectivity index is 2.67. The third kappa shape index (κ3) is 4.11. The van der Waals surface area contributed by atoms with Crippen molar-refractivity contribution in [2.24, 2.45) is 5.73 Å². The van der Waals surface area contributed by atoms with Crippen LogP contribution in [-0.4, -0.2) is 24.0 Å². The SMILES string of the molecule is CC(C)c1ccc(CN(C)C(C)(C)CCN)cc1. The molecule has 102 valence electrons. The van der Waals surface area contributed by atoms with Gasteiger partial charge in [-0.3, -0.25) is 4.90 Å². The molecule has 1 rings (SSSR count). The minimum Gasteiger partial charge on any atom is -0.330 e. The summed E-state index contributed by atoms with van der Waals surface area (Å²) in [6.45, 7) is 10.7. The van der Waals surface area contributed by atoms with Crippen LogP contribution in [0.15, 0.2) is 24.3 Å². The van der Waals surface area contributed by atoms with Crippen LogP contribution in [0.25, 0.3) is 0 Å². The van der Waals surface area contributed by atoms with Gasteiger partial charge in [0.15, 0.2) is 0 Å². The summed E-state index contributed by atoms with van der Waals surface area (Å²) in [6, 6.07) is 8.96. The second-order valence-electron chi connectivity index (χ2n) is 6.10. The van der Waals surface area contributed by atoms with Crippen LogP contribution in [-0.2, 0) is 6.54 Å². The van der Waals surface area contributed by atoms with E-state index in [4.69, 9.17) is 5.73 Å². The van der Waals surface area contributed by atoms with Crippen LogP contribution in [0.3, 0.4) is 0 Å². The van der Waals surface area contributed by atoms with Gasteiger partial charge in [0.1, 0.15) is 0 Å². The number of hydrogen-bond donors (Lipinski definition) is 1. The maximum absolute atomic E-state index is 5.67. The first-order valence-electron chi connectivity index (χ1n) is 6.87. The number of hydrogen-bond acceptors (Lipinski definition) is 2. The lowest BCUT2D eigenvalue weighted by atomic mass is 9.97. The Morgan fingerprint density at radius 3 is 2.17 bits per heavy atom. The summed E-state index contributed by atoms with van der Waals surface area (Å²) in [5, 5.41) is 0. The van der Waals surface area contributed by atoms with Gasteiger partial charge in [-0.1, -0.05) is 38.1 Å². The molecule has 0 unspecified atom stereocenters. The monoisotopic (exact) mass is 248 g/mol. The predicted molar refractivity (Wildman–Crippen MR) is 79.7 cm³/mol. The molecule has 2 nitrogen and oxygen atoms in total. The van der Waals surface area contributed by atoms with Crippen molar-refractivity contribution in [2.75, 3.05) is 13.6 Å². The molecule has 0 radical (unpaired) electrons. The van der Waals surface area contributed by atoms with Crippen molar-refractivity contribution < 1.29 is 0 Å². The number of nitrogens with zero attached hydrogens (tertiary/aromatic N) is 1. The Hall–Kier alpha value is -0.860. The molecule has 0 heterocycles. The van der Waals surface area contributed by atoms with Gasteiger partial charge >= 0.3 is 0 Å². The molecule has 0 aromatic heterocycles. The lowest BCUT2D eigenvalue weighted by molar-refractivity contribution is 0.140. The third-order valence-electron chi connectivity index (χ3n) is 3.86. The Bertz CT molecular complexity index is 352. The summed E-state index contributed by atoms with van der Waals surface area (Å²) in [5.41, 5.74) is 8.60. The lowest BCUT2D eigenvalue weighted by Crippen LogP contribution is -2.42. The van der Waals surface area contributed by atoms with Gasteiger partial charge in [-0.15, -0.1) is 0 Å². The Labute approximate surface area is 112 Å². The first kappa shape index (κ1) is 15.2. The van der Waals surface area contributed by atoms with Gasteiger partial charge < -0.3 is 5.73 Å². The van der Waals surface area contributed by atoms with Crippen molar-refractivity contribution in [3.63, 3.8) is 0 Å². The summed E-state index contributed by atoms with van der Waals surface area (Å²) < 4.78 is 0. The van der Waals surface area contributed by atoms with E-state index in [1.54, 1.807) is 0 Å². The molecule has 0 aliphatic rings. The van der Waals surface area contributed by atoms with Crippen LogP contribution < -0.4 is 5.73 Å². The van der Waals surface area contributed by atoms with E-state index in [1.807, 2.05) is 0 Å². The van der Waals surface area contributed by atoms with E-state index in [1.165, 1.54) is 11.1 Å². The molecule has 1 aromatic carbocycles. The van der Waals surface area contributed by atoms with Crippen molar-refractivity contribution in [1.29, 1.82) is 0 Å². The molecule has 0 saturated carbocycles. The van der Waals surface area contributed by atoms with Crippen molar-refractivity contribution in [1.82, 2.24) is 4.90 Å². The molecular weight excluding hydrogens is 220 g/mol. The smallest absolute Gasteiger partial charge is 0.0236 e. The number of nitrogens with two attached hydrogens (primary N) is 1. The Morgan fingerprint density at radius 1 is 1.17 bits per heavy atom. The predicted octanol–water partition coefficient (Wildman–Crippen LogP) is 3.37. The van der Waals surface area contributed by atoms with Crippen molar-refractivity contribution in [3.05, 3.63) is 35.4 Å². The maximum atomic E-state index is 5.67. The molecular formula is C16H28N2. The van der Waals surface area contributed by atoms with Crippen LogP contribution in [0.1, 0.15) is 51.2 Å². The molecule has 0 bridgehead atoms. The minimum atomic E-state index is 0.158. The van der Waals surface area contributed by atoms with Crippen LogP contribution in [0.5, 0.6) is 0 Å². The zero-order chi connectivity index (χ0) is 13.8. The highest BCUT2D eigenvalue weighted by atomic mass is 15.2. The van der Waals surface area contributed by atoms with Gasteiger partial charge in [0, 0.05) is 12.1 Å². The highest BCUT2D eigenvalue weighted by molar-refractivity contribution is 5.24. The molecule has 2 N–H and O–H groups in total. The summed E-state index contributed by atoms with van der Waals surface area (Å²) >= 11 is 0. The molecule has 0 saturated heterocycles. The zero-order valence-electron chi connectivity index (χ0n) is 12.5. The molecule has 0 fully saturated rings. The second-order valence-corrected chi connectivity index (χ2v) is 6.10. The molecule has 0 aliphatic heterocycles. The van der Waals surface area contributed by atoms with Crippen LogP contribution in [0.4, 0.5) is 0 Å². The standard InChI is InChI=1S/C16H28N2/c1-13(2)15-8-6-14(7-9-15)12-18(5)16(3,4)10-11-17/h6-9,13H,10-12,17H2,1-5H3. The highest BCUT2D eigenvalue weighted by Crippen LogP contribution is 2.20. The Kier molecular flexibility index (Phi) is 5.36.